The first kappa shape index (κ1) is 28.6. The Morgan fingerprint density at radius 1 is 1.19 bits per heavy atom. The standard InChI is InChI=1S/C29H46BrN3O3Si/c1-18(2)37(19(3)4,20(5)6)33-13-11-22-24(23(30)15-31-25(22)33)29(35)16-28(21(29)7)12-14-32(17-28)26(34)36-27(8,9)10/h11,13,15,18-21,35H,12,14,16-17H2,1-10H3. The Bertz CT molecular complexity index is 1170. The molecule has 2 aromatic heterocycles. The fourth-order valence-electron chi connectivity index (χ4n) is 8.05. The lowest BCUT2D eigenvalue weighted by Gasteiger charge is -2.58. The number of likely N-dealkylation sites (tertiary alicyclic amines) is 1. The summed E-state index contributed by atoms with van der Waals surface area (Å²) in [4.78, 5) is 19.5. The molecule has 1 aliphatic carbocycles. The fraction of sp³-hybridized carbons (Fsp3) is 0.724. The minimum Gasteiger partial charge on any atom is -0.444 e. The van der Waals surface area contributed by atoms with Gasteiger partial charge in [0.25, 0.3) is 0 Å². The maximum Gasteiger partial charge on any atom is 0.410 e. The van der Waals surface area contributed by atoms with Crippen LogP contribution in [-0.4, -0.2) is 52.2 Å². The number of fused-ring (bicyclic) bond motifs is 1. The average molecular weight is 593 g/mol. The van der Waals surface area contributed by atoms with E-state index in [0.717, 1.165) is 27.5 Å². The topological polar surface area (TPSA) is 67.6 Å². The van der Waals surface area contributed by atoms with Gasteiger partial charge in [-0.3, -0.25) is 0 Å². The van der Waals surface area contributed by atoms with E-state index < -0.39 is 19.4 Å². The minimum absolute atomic E-state index is 0.0000139. The first-order valence-electron chi connectivity index (χ1n) is 13.9. The van der Waals surface area contributed by atoms with Gasteiger partial charge in [-0.25, -0.2) is 9.78 Å². The SMILES string of the molecule is CC1C2(CCN(C(=O)OC(C)(C)C)C2)CC1(O)c1c(Br)cnc2c1ccn2[Si](C(C)C)(C(C)C)C(C)C. The molecule has 1 saturated carbocycles. The molecule has 4 rings (SSSR count). The van der Waals surface area contributed by atoms with E-state index in [4.69, 9.17) is 9.72 Å². The van der Waals surface area contributed by atoms with Gasteiger partial charge in [-0.05, 0) is 89.8 Å². The molecule has 1 N–H and O–H groups in total. The number of aromatic nitrogens is 2. The average Bonchev–Trinajstić information content (AvgIpc) is 3.38. The van der Waals surface area contributed by atoms with Crippen LogP contribution in [0.1, 0.15) is 87.6 Å². The predicted molar refractivity (Wildman–Crippen MR) is 156 cm³/mol. The Labute approximate surface area is 232 Å². The van der Waals surface area contributed by atoms with Crippen molar-refractivity contribution in [1.82, 2.24) is 14.1 Å². The zero-order chi connectivity index (χ0) is 27.7. The molecular weight excluding hydrogens is 546 g/mol. The molecular formula is C29H46BrN3O3Si. The number of hydrogen-bond donors (Lipinski definition) is 1. The Morgan fingerprint density at radius 2 is 1.78 bits per heavy atom. The highest BCUT2D eigenvalue weighted by Gasteiger charge is 2.64. The van der Waals surface area contributed by atoms with Gasteiger partial charge < -0.3 is 19.0 Å². The summed E-state index contributed by atoms with van der Waals surface area (Å²) in [6, 6.07) is 2.18. The number of carbonyl (C=O) groups excluding carboxylic acids is 1. The summed E-state index contributed by atoms with van der Waals surface area (Å²) in [7, 11) is -2.00. The molecule has 2 aromatic rings. The lowest BCUT2D eigenvalue weighted by atomic mass is 9.49. The normalized spacial score (nSPS) is 26.7. The highest BCUT2D eigenvalue weighted by molar-refractivity contribution is 9.10. The summed E-state index contributed by atoms with van der Waals surface area (Å²) in [5.74, 6) is -0.0000139. The molecule has 1 spiro atoms. The largest absolute Gasteiger partial charge is 0.444 e. The molecule has 3 atom stereocenters. The molecule has 2 aliphatic rings. The molecule has 2 fully saturated rings. The summed E-state index contributed by atoms with van der Waals surface area (Å²) in [6.07, 6.45) is 5.37. The van der Waals surface area contributed by atoms with Crippen LogP contribution in [0.4, 0.5) is 4.79 Å². The van der Waals surface area contributed by atoms with Gasteiger partial charge in [0.2, 0.25) is 0 Å². The smallest absolute Gasteiger partial charge is 0.410 e. The zero-order valence-corrected chi connectivity index (χ0v) is 26.9. The van der Waals surface area contributed by atoms with E-state index in [1.165, 1.54) is 0 Å². The van der Waals surface area contributed by atoms with Crippen molar-refractivity contribution >= 4 is 41.3 Å². The predicted octanol–water partition coefficient (Wildman–Crippen LogP) is 7.68. The van der Waals surface area contributed by atoms with Gasteiger partial charge in [-0.15, -0.1) is 0 Å². The Balaban J connectivity index is 1.72. The third-order valence-corrected chi connectivity index (χ3v) is 16.9. The van der Waals surface area contributed by atoms with Crippen LogP contribution < -0.4 is 0 Å². The summed E-state index contributed by atoms with van der Waals surface area (Å²) >= 11 is 3.76. The molecule has 0 radical (unpaired) electrons. The van der Waals surface area contributed by atoms with E-state index in [2.05, 4.69) is 80.9 Å². The minimum atomic E-state index is -2.00. The van der Waals surface area contributed by atoms with Gasteiger partial charge >= 0.3 is 6.09 Å². The van der Waals surface area contributed by atoms with Crippen LogP contribution in [0.5, 0.6) is 0 Å². The molecule has 0 bridgehead atoms. The fourth-order valence-corrected chi connectivity index (χ4v) is 15.3. The number of ether oxygens (including phenoxy) is 1. The molecule has 1 aliphatic heterocycles. The molecule has 3 unspecified atom stereocenters. The first-order chi connectivity index (χ1) is 17.0. The Hall–Kier alpha value is -1.38. The molecule has 206 valence electrons. The van der Waals surface area contributed by atoms with Crippen molar-refractivity contribution < 1.29 is 14.6 Å². The van der Waals surface area contributed by atoms with Crippen LogP contribution >= 0.6 is 15.9 Å². The first-order valence-corrected chi connectivity index (χ1v) is 16.9. The second kappa shape index (κ2) is 9.37. The maximum atomic E-state index is 12.7. The Kier molecular flexibility index (Phi) is 7.25. The second-order valence-corrected chi connectivity index (χ2v) is 20.2. The van der Waals surface area contributed by atoms with Crippen LogP contribution in [-0.2, 0) is 10.3 Å². The monoisotopic (exact) mass is 591 g/mol. The van der Waals surface area contributed by atoms with Crippen LogP contribution in [0.3, 0.4) is 0 Å². The van der Waals surface area contributed by atoms with Crippen LogP contribution in [0.2, 0.25) is 16.6 Å². The zero-order valence-electron chi connectivity index (χ0n) is 24.4. The van der Waals surface area contributed by atoms with Gasteiger partial charge in [0, 0.05) is 34.7 Å². The molecule has 8 heteroatoms. The number of rotatable bonds is 5. The summed E-state index contributed by atoms with van der Waals surface area (Å²) < 4.78 is 9.01. The van der Waals surface area contributed by atoms with Crippen molar-refractivity contribution in [3.8, 4) is 0 Å². The van der Waals surface area contributed by atoms with Crippen molar-refractivity contribution in [3.63, 3.8) is 0 Å². The van der Waals surface area contributed by atoms with Gasteiger partial charge in [0.1, 0.15) is 11.2 Å². The lowest BCUT2D eigenvalue weighted by Crippen LogP contribution is -2.59. The third kappa shape index (κ3) is 4.29. The number of amides is 1. The Morgan fingerprint density at radius 3 is 2.30 bits per heavy atom. The van der Waals surface area contributed by atoms with E-state index in [1.807, 2.05) is 31.9 Å². The van der Waals surface area contributed by atoms with Gasteiger partial charge in [0.05, 0.1) is 5.60 Å². The van der Waals surface area contributed by atoms with Gasteiger partial charge in [-0.2, -0.15) is 0 Å². The maximum absolute atomic E-state index is 12.7. The van der Waals surface area contributed by atoms with Gasteiger partial charge in [0.15, 0.2) is 8.24 Å². The number of carbonyl (C=O) groups is 1. The molecule has 0 aromatic carbocycles. The number of aliphatic hydroxyl groups is 1. The number of nitrogens with zero attached hydrogens (tertiary/aromatic N) is 3. The molecule has 37 heavy (non-hydrogen) atoms. The summed E-state index contributed by atoms with van der Waals surface area (Å²) in [6.45, 7) is 23.3. The van der Waals surface area contributed by atoms with Crippen LogP contribution in [0, 0.1) is 11.3 Å². The summed E-state index contributed by atoms with van der Waals surface area (Å²) in [5.41, 5.74) is 1.98. The molecule has 1 saturated heterocycles. The van der Waals surface area contributed by atoms with E-state index in [0.29, 0.717) is 36.1 Å². The molecule has 6 nitrogen and oxygen atoms in total. The van der Waals surface area contributed by atoms with Crippen molar-refractivity contribution in [1.29, 1.82) is 0 Å². The van der Waals surface area contributed by atoms with E-state index >= 15 is 0 Å². The molecule has 3 heterocycles. The van der Waals surface area contributed by atoms with Crippen molar-refractivity contribution in [2.75, 3.05) is 13.1 Å². The lowest BCUT2D eigenvalue weighted by molar-refractivity contribution is -0.188. The third-order valence-electron chi connectivity index (χ3n) is 9.59. The van der Waals surface area contributed by atoms with Gasteiger partial charge in [-0.1, -0.05) is 48.5 Å². The summed E-state index contributed by atoms with van der Waals surface area (Å²) in [5, 5.41) is 13.3. The van der Waals surface area contributed by atoms with E-state index in [9.17, 15) is 9.90 Å². The highest BCUT2D eigenvalue weighted by atomic mass is 79.9. The number of hydrogen-bond acceptors (Lipinski definition) is 4. The quantitative estimate of drug-likeness (QED) is 0.362. The van der Waals surface area contributed by atoms with E-state index in [-0.39, 0.29) is 17.4 Å². The molecule has 1 amide bonds. The van der Waals surface area contributed by atoms with E-state index in [1.54, 1.807) is 0 Å². The highest BCUT2D eigenvalue weighted by Crippen LogP contribution is 2.64. The second-order valence-electron chi connectivity index (χ2n) is 13.6. The van der Waals surface area contributed by atoms with Crippen molar-refractivity contribution in [2.24, 2.45) is 11.3 Å². The number of pyridine rings is 1. The van der Waals surface area contributed by atoms with Crippen LogP contribution in [0.15, 0.2) is 22.9 Å². The van der Waals surface area contributed by atoms with Crippen molar-refractivity contribution in [2.45, 2.75) is 110 Å². The van der Waals surface area contributed by atoms with Crippen molar-refractivity contribution in [3.05, 3.63) is 28.5 Å². The van der Waals surface area contributed by atoms with Crippen LogP contribution in [0.25, 0.3) is 11.0 Å². The number of halogens is 1.